The Morgan fingerprint density at radius 2 is 1.81 bits per heavy atom. The fraction of sp³-hybridized carbons (Fsp3) is 0.667. The molecule has 0 bridgehead atoms. The summed E-state index contributed by atoms with van der Waals surface area (Å²) >= 11 is 0. The third-order valence-corrected chi connectivity index (χ3v) is 4.76. The van der Waals surface area contributed by atoms with E-state index in [2.05, 4.69) is 32.2 Å². The molecule has 21 heavy (non-hydrogen) atoms. The van der Waals surface area contributed by atoms with Crippen LogP contribution in [0.5, 0.6) is 11.5 Å². The minimum absolute atomic E-state index is 0.548. The first kappa shape index (κ1) is 16.0. The molecule has 0 aromatic heterocycles. The summed E-state index contributed by atoms with van der Waals surface area (Å²) in [5.41, 5.74) is 1.12. The van der Waals surface area contributed by atoms with Crippen molar-refractivity contribution in [2.45, 2.75) is 46.1 Å². The van der Waals surface area contributed by atoms with Gasteiger partial charge in [0, 0.05) is 17.8 Å². The van der Waals surface area contributed by atoms with Crippen molar-refractivity contribution in [2.75, 3.05) is 19.5 Å². The molecule has 1 fully saturated rings. The Balaban J connectivity index is 2.14. The second-order valence-corrected chi connectivity index (χ2v) is 6.65. The molecule has 0 heterocycles. The van der Waals surface area contributed by atoms with Gasteiger partial charge in [-0.2, -0.15) is 0 Å². The molecule has 3 unspecified atom stereocenters. The molecular formula is C18H29NO2. The van der Waals surface area contributed by atoms with Gasteiger partial charge in [-0.25, -0.2) is 0 Å². The summed E-state index contributed by atoms with van der Waals surface area (Å²) in [7, 11) is 3.35. The lowest BCUT2D eigenvalue weighted by Gasteiger charge is -2.38. The third-order valence-electron chi connectivity index (χ3n) is 4.76. The summed E-state index contributed by atoms with van der Waals surface area (Å²) in [6, 6.07) is 6.64. The van der Waals surface area contributed by atoms with E-state index in [0.29, 0.717) is 6.04 Å². The molecule has 2 rings (SSSR count). The number of methoxy groups -OCH3 is 2. The molecule has 0 spiro atoms. The van der Waals surface area contributed by atoms with Crippen molar-refractivity contribution in [3.05, 3.63) is 18.2 Å². The molecule has 0 aliphatic heterocycles. The molecule has 1 saturated carbocycles. The van der Waals surface area contributed by atoms with Crippen molar-refractivity contribution >= 4 is 5.69 Å². The lowest BCUT2D eigenvalue weighted by atomic mass is 9.74. The van der Waals surface area contributed by atoms with Crippen LogP contribution < -0.4 is 14.8 Å². The minimum atomic E-state index is 0.548. The van der Waals surface area contributed by atoms with Gasteiger partial charge in [0.05, 0.1) is 14.2 Å². The van der Waals surface area contributed by atoms with Crippen LogP contribution in [0.4, 0.5) is 5.69 Å². The zero-order chi connectivity index (χ0) is 15.4. The molecule has 0 amide bonds. The maximum absolute atomic E-state index is 5.40. The van der Waals surface area contributed by atoms with Gasteiger partial charge in [0.25, 0.3) is 0 Å². The number of anilines is 1. The van der Waals surface area contributed by atoms with E-state index >= 15 is 0 Å². The van der Waals surface area contributed by atoms with Crippen molar-refractivity contribution in [3.8, 4) is 11.5 Å². The molecule has 3 heteroatoms. The van der Waals surface area contributed by atoms with E-state index < -0.39 is 0 Å². The topological polar surface area (TPSA) is 30.5 Å². The number of rotatable bonds is 5. The highest BCUT2D eigenvalue weighted by Crippen LogP contribution is 2.36. The van der Waals surface area contributed by atoms with E-state index in [0.717, 1.165) is 34.9 Å². The zero-order valence-corrected chi connectivity index (χ0v) is 14.0. The maximum Gasteiger partial charge on any atom is 0.162 e. The predicted molar refractivity (Wildman–Crippen MR) is 88.3 cm³/mol. The van der Waals surface area contributed by atoms with Crippen LogP contribution in [0.2, 0.25) is 0 Å². The van der Waals surface area contributed by atoms with Gasteiger partial charge in [0.15, 0.2) is 11.5 Å². The second-order valence-electron chi connectivity index (χ2n) is 6.65. The van der Waals surface area contributed by atoms with Crippen molar-refractivity contribution < 1.29 is 9.47 Å². The summed E-state index contributed by atoms with van der Waals surface area (Å²) in [5, 5.41) is 3.73. The van der Waals surface area contributed by atoms with Gasteiger partial charge in [-0.1, -0.05) is 27.2 Å². The third kappa shape index (κ3) is 3.84. The summed E-state index contributed by atoms with van der Waals surface area (Å²) in [6.45, 7) is 7.04. The Kier molecular flexibility index (Phi) is 5.38. The fourth-order valence-corrected chi connectivity index (χ4v) is 3.51. The highest BCUT2D eigenvalue weighted by molar-refractivity contribution is 5.55. The average molecular weight is 291 g/mol. The maximum atomic E-state index is 5.40. The Morgan fingerprint density at radius 1 is 1.10 bits per heavy atom. The van der Waals surface area contributed by atoms with Crippen LogP contribution in [0.3, 0.4) is 0 Å². The minimum Gasteiger partial charge on any atom is -0.493 e. The highest BCUT2D eigenvalue weighted by atomic mass is 16.5. The molecule has 1 aromatic carbocycles. The molecule has 1 aromatic rings. The Hall–Kier alpha value is -1.38. The van der Waals surface area contributed by atoms with E-state index in [1.807, 2.05) is 12.1 Å². The first-order valence-electron chi connectivity index (χ1n) is 8.03. The summed E-state index contributed by atoms with van der Waals surface area (Å²) < 4.78 is 10.7. The van der Waals surface area contributed by atoms with Crippen LogP contribution in [0.15, 0.2) is 18.2 Å². The van der Waals surface area contributed by atoms with E-state index in [9.17, 15) is 0 Å². The van der Waals surface area contributed by atoms with Gasteiger partial charge in [0.1, 0.15) is 0 Å². The van der Waals surface area contributed by atoms with Crippen LogP contribution in [-0.2, 0) is 0 Å². The van der Waals surface area contributed by atoms with Crippen LogP contribution in [0.25, 0.3) is 0 Å². The lowest BCUT2D eigenvalue weighted by Crippen LogP contribution is -2.37. The number of nitrogens with one attached hydrogen (secondary N) is 1. The standard InChI is InChI=1S/C18H29NO2/c1-12(2)15-8-6-13(3)10-16(15)19-14-7-9-17(20-4)18(11-14)21-5/h7,9,11-13,15-16,19H,6,8,10H2,1-5H3. The van der Waals surface area contributed by atoms with Crippen LogP contribution in [0.1, 0.15) is 40.0 Å². The number of hydrogen-bond donors (Lipinski definition) is 1. The van der Waals surface area contributed by atoms with Crippen molar-refractivity contribution in [1.82, 2.24) is 0 Å². The number of benzene rings is 1. The molecule has 1 aliphatic rings. The van der Waals surface area contributed by atoms with Crippen molar-refractivity contribution in [2.24, 2.45) is 17.8 Å². The summed E-state index contributed by atoms with van der Waals surface area (Å²) in [4.78, 5) is 0. The number of ether oxygens (including phenoxy) is 2. The molecule has 0 radical (unpaired) electrons. The van der Waals surface area contributed by atoms with Crippen molar-refractivity contribution in [1.29, 1.82) is 0 Å². The van der Waals surface area contributed by atoms with Gasteiger partial charge in [0.2, 0.25) is 0 Å². The van der Waals surface area contributed by atoms with Crippen LogP contribution in [0, 0.1) is 17.8 Å². The van der Waals surface area contributed by atoms with Gasteiger partial charge < -0.3 is 14.8 Å². The smallest absolute Gasteiger partial charge is 0.162 e. The SMILES string of the molecule is COc1ccc(NC2CC(C)CCC2C(C)C)cc1OC. The number of hydrogen-bond acceptors (Lipinski definition) is 3. The molecule has 1 N–H and O–H groups in total. The summed E-state index contributed by atoms with van der Waals surface area (Å²) in [5.74, 6) is 3.83. The Morgan fingerprint density at radius 3 is 2.43 bits per heavy atom. The zero-order valence-electron chi connectivity index (χ0n) is 14.0. The molecule has 3 nitrogen and oxygen atoms in total. The van der Waals surface area contributed by atoms with E-state index in [1.165, 1.54) is 19.3 Å². The average Bonchev–Trinajstić information content (AvgIpc) is 2.46. The van der Waals surface area contributed by atoms with Gasteiger partial charge >= 0.3 is 0 Å². The molecule has 1 aliphatic carbocycles. The largest absolute Gasteiger partial charge is 0.493 e. The first-order valence-corrected chi connectivity index (χ1v) is 8.03. The van der Waals surface area contributed by atoms with E-state index in [4.69, 9.17) is 9.47 Å². The van der Waals surface area contributed by atoms with Gasteiger partial charge in [-0.05, 0) is 42.7 Å². The highest BCUT2D eigenvalue weighted by Gasteiger charge is 2.30. The molecule has 0 saturated heterocycles. The first-order chi connectivity index (χ1) is 10.0. The summed E-state index contributed by atoms with van der Waals surface area (Å²) in [6.07, 6.45) is 3.92. The molecule has 3 atom stereocenters. The second kappa shape index (κ2) is 7.06. The van der Waals surface area contributed by atoms with Crippen molar-refractivity contribution in [3.63, 3.8) is 0 Å². The normalized spacial score (nSPS) is 25.7. The molecular weight excluding hydrogens is 262 g/mol. The van der Waals surface area contributed by atoms with Crippen LogP contribution in [-0.4, -0.2) is 20.3 Å². The van der Waals surface area contributed by atoms with Gasteiger partial charge in [-0.15, -0.1) is 0 Å². The lowest BCUT2D eigenvalue weighted by molar-refractivity contribution is 0.212. The Labute approximate surface area is 129 Å². The van der Waals surface area contributed by atoms with E-state index in [1.54, 1.807) is 14.2 Å². The van der Waals surface area contributed by atoms with Gasteiger partial charge in [-0.3, -0.25) is 0 Å². The quantitative estimate of drug-likeness (QED) is 0.861. The predicted octanol–water partition coefficient (Wildman–Crippen LogP) is 4.58. The Bertz CT molecular complexity index is 459. The van der Waals surface area contributed by atoms with E-state index in [-0.39, 0.29) is 0 Å². The van der Waals surface area contributed by atoms with Crippen LogP contribution >= 0.6 is 0 Å². The monoisotopic (exact) mass is 291 g/mol. The fourth-order valence-electron chi connectivity index (χ4n) is 3.51. The molecule has 118 valence electrons.